The molecule has 5 fully saturated rings. The van der Waals surface area contributed by atoms with Crippen LogP contribution in [0.2, 0.25) is 0 Å². The van der Waals surface area contributed by atoms with Gasteiger partial charge in [-0.15, -0.1) is 0 Å². The van der Waals surface area contributed by atoms with Gasteiger partial charge in [0.25, 0.3) is 0 Å². The zero-order valence-electron chi connectivity index (χ0n) is 20.4. The fraction of sp³-hybridized carbons (Fsp3) is 0.750. The summed E-state index contributed by atoms with van der Waals surface area (Å²) in [7, 11) is 1.77. The Balaban J connectivity index is 1.08. The Hall–Kier alpha value is -1.79. The van der Waals surface area contributed by atoms with Crippen LogP contribution in [0.15, 0.2) is 24.7 Å². The predicted octanol–water partition coefficient (Wildman–Crippen LogP) is 4.26. The number of nitrogens with zero attached hydrogens (tertiary/aromatic N) is 3. The normalized spacial score (nSPS) is 46.9. The molecule has 0 saturated heterocycles. The molecule has 0 spiro atoms. The molecule has 2 aromatic rings. The van der Waals surface area contributed by atoms with Crippen LogP contribution < -0.4 is 0 Å². The highest BCUT2D eigenvalue weighted by Crippen LogP contribution is 2.69. The first-order valence-electron chi connectivity index (χ1n) is 13.5. The van der Waals surface area contributed by atoms with Gasteiger partial charge in [-0.2, -0.15) is 5.10 Å². The molecular formula is C28H37N3O3. The van der Waals surface area contributed by atoms with Crippen LogP contribution in [0.1, 0.15) is 58.3 Å². The number of fused-ring (bicyclic) bond motifs is 8. The van der Waals surface area contributed by atoms with Crippen LogP contribution in [-0.4, -0.2) is 44.5 Å². The minimum absolute atomic E-state index is 0.0658. The smallest absolute Gasteiger partial charge is 0.157 e. The molecule has 0 bridgehead atoms. The summed E-state index contributed by atoms with van der Waals surface area (Å²) in [6.45, 7) is 2.81. The predicted molar refractivity (Wildman–Crippen MR) is 128 cm³/mol. The molecule has 5 aliphatic carbocycles. The average molecular weight is 464 g/mol. The van der Waals surface area contributed by atoms with Gasteiger partial charge in [-0.25, -0.2) is 0 Å². The number of carbonyl (C=O) groups is 1. The van der Waals surface area contributed by atoms with Crippen molar-refractivity contribution in [3.05, 3.63) is 24.7 Å². The van der Waals surface area contributed by atoms with Gasteiger partial charge in [-0.1, -0.05) is 6.92 Å². The highest BCUT2D eigenvalue weighted by Gasteiger charge is 2.72. The van der Waals surface area contributed by atoms with Crippen molar-refractivity contribution in [1.82, 2.24) is 14.8 Å². The molecule has 7 rings (SSSR count). The van der Waals surface area contributed by atoms with E-state index in [1.807, 2.05) is 16.9 Å². The molecular weight excluding hydrogens is 426 g/mol. The van der Waals surface area contributed by atoms with E-state index in [-0.39, 0.29) is 17.4 Å². The van der Waals surface area contributed by atoms with E-state index in [4.69, 9.17) is 4.74 Å². The van der Waals surface area contributed by atoms with Crippen molar-refractivity contribution in [2.75, 3.05) is 7.11 Å². The van der Waals surface area contributed by atoms with Crippen LogP contribution >= 0.6 is 0 Å². The van der Waals surface area contributed by atoms with E-state index in [9.17, 15) is 9.90 Å². The van der Waals surface area contributed by atoms with Gasteiger partial charge in [0.05, 0.1) is 24.4 Å². The van der Waals surface area contributed by atoms with E-state index in [2.05, 4.69) is 17.0 Å². The Morgan fingerprint density at radius 1 is 1.12 bits per heavy atom. The first-order chi connectivity index (χ1) is 16.4. The summed E-state index contributed by atoms with van der Waals surface area (Å²) < 4.78 is 7.52. The lowest BCUT2D eigenvalue weighted by atomic mass is 9.49. The molecule has 5 aliphatic rings. The summed E-state index contributed by atoms with van der Waals surface area (Å²) >= 11 is 0. The minimum Gasteiger partial charge on any atom is -0.387 e. The maximum absolute atomic E-state index is 13.6. The molecule has 10 atom stereocenters. The summed E-state index contributed by atoms with van der Waals surface area (Å²) in [5, 5.41) is 16.7. The lowest BCUT2D eigenvalue weighted by molar-refractivity contribution is -0.131. The van der Waals surface area contributed by atoms with Gasteiger partial charge >= 0.3 is 0 Å². The number of aromatic nitrogens is 3. The molecule has 0 aliphatic heterocycles. The van der Waals surface area contributed by atoms with Gasteiger partial charge in [0, 0.05) is 36.7 Å². The lowest BCUT2D eigenvalue weighted by Crippen LogP contribution is -2.50. The Bertz CT molecular complexity index is 1100. The summed E-state index contributed by atoms with van der Waals surface area (Å²) in [5.74, 6) is 4.45. The van der Waals surface area contributed by atoms with E-state index >= 15 is 0 Å². The molecule has 6 heteroatoms. The molecule has 0 amide bonds. The van der Waals surface area contributed by atoms with Crippen LogP contribution in [0.3, 0.4) is 0 Å². The number of ether oxygens (including phenoxy) is 1. The van der Waals surface area contributed by atoms with E-state index in [1.165, 1.54) is 32.1 Å². The highest BCUT2D eigenvalue weighted by molar-refractivity contribution is 5.83. The van der Waals surface area contributed by atoms with Crippen LogP contribution in [0.25, 0.3) is 10.9 Å². The van der Waals surface area contributed by atoms with E-state index < -0.39 is 5.60 Å². The second-order valence-corrected chi connectivity index (χ2v) is 12.5. The van der Waals surface area contributed by atoms with Crippen LogP contribution in [-0.2, 0) is 16.1 Å². The number of hydrogen-bond donors (Lipinski definition) is 1. The maximum atomic E-state index is 13.6. The SMILES string of the molecule is COC1C2C3CC[C@@H]4[C@H](CC[C@]5(C)[C@@H](C(=O)Cn6cc7ccncc7n6)CC[C@@H]45)[C@H]3CC[C@]12O. The lowest BCUT2D eigenvalue weighted by Gasteiger charge is -2.55. The standard InChI is InChI=1S/C28H37N3O3/c1-27-10-7-17-18-8-11-28(33)25(26(28)34-2)20(18)4-3-19(17)21(27)5-6-22(27)24(32)15-31-14-16-9-12-29-13-23(16)30-31/h9,12-14,17-22,25-26,33H,3-8,10-11,15H2,1-2H3/t17-,18-,19-,20?,21+,22-,25?,26?,27+,28-/m1/s1. The summed E-state index contributed by atoms with van der Waals surface area (Å²) in [6, 6.07) is 1.95. The Labute approximate surface area is 201 Å². The largest absolute Gasteiger partial charge is 0.387 e. The Morgan fingerprint density at radius 3 is 2.74 bits per heavy atom. The molecule has 34 heavy (non-hydrogen) atoms. The molecule has 182 valence electrons. The summed E-state index contributed by atoms with van der Waals surface area (Å²) in [6.07, 6.45) is 14.8. The third-order valence-electron chi connectivity index (χ3n) is 11.4. The van der Waals surface area contributed by atoms with E-state index in [0.717, 1.165) is 47.9 Å². The number of rotatable bonds is 4. The monoisotopic (exact) mass is 463 g/mol. The molecule has 2 aromatic heterocycles. The van der Waals surface area contributed by atoms with Crippen LogP contribution in [0.4, 0.5) is 0 Å². The molecule has 3 unspecified atom stereocenters. The van der Waals surface area contributed by atoms with Crippen LogP contribution in [0.5, 0.6) is 0 Å². The highest BCUT2D eigenvalue weighted by atomic mass is 16.5. The van der Waals surface area contributed by atoms with Crippen molar-refractivity contribution < 1.29 is 14.6 Å². The molecule has 0 radical (unpaired) electrons. The molecule has 2 heterocycles. The van der Waals surface area contributed by atoms with E-state index in [1.54, 1.807) is 19.5 Å². The quantitative estimate of drug-likeness (QED) is 0.733. The zero-order valence-corrected chi connectivity index (χ0v) is 20.4. The number of hydrogen-bond acceptors (Lipinski definition) is 5. The maximum Gasteiger partial charge on any atom is 0.157 e. The van der Waals surface area contributed by atoms with Crippen molar-refractivity contribution in [2.24, 2.45) is 46.8 Å². The van der Waals surface area contributed by atoms with Crippen molar-refractivity contribution in [3.8, 4) is 0 Å². The number of aliphatic hydroxyl groups is 1. The third-order valence-corrected chi connectivity index (χ3v) is 11.4. The van der Waals surface area contributed by atoms with Gasteiger partial charge in [0.2, 0.25) is 0 Å². The van der Waals surface area contributed by atoms with Gasteiger partial charge in [-0.05, 0) is 92.4 Å². The number of Topliss-reactive ketones (excluding diaryl/α,β-unsaturated/α-hetero) is 1. The first-order valence-corrected chi connectivity index (χ1v) is 13.5. The van der Waals surface area contributed by atoms with Crippen molar-refractivity contribution in [1.29, 1.82) is 0 Å². The number of carbonyl (C=O) groups excluding carboxylic acids is 1. The zero-order chi connectivity index (χ0) is 23.2. The number of ketones is 1. The second kappa shape index (κ2) is 7.36. The molecule has 6 nitrogen and oxygen atoms in total. The molecule has 1 N–H and O–H groups in total. The van der Waals surface area contributed by atoms with Gasteiger partial charge < -0.3 is 9.84 Å². The number of methoxy groups -OCH3 is 1. The Kier molecular flexibility index (Phi) is 4.65. The summed E-state index contributed by atoms with van der Waals surface area (Å²) in [4.78, 5) is 17.7. The van der Waals surface area contributed by atoms with Crippen LogP contribution in [0, 0.1) is 46.8 Å². The average Bonchev–Trinajstić information content (AvgIpc) is 3.08. The third kappa shape index (κ3) is 2.84. The minimum atomic E-state index is -0.538. The van der Waals surface area contributed by atoms with Gasteiger partial charge in [-0.3, -0.25) is 14.5 Å². The van der Waals surface area contributed by atoms with Crippen molar-refractivity contribution in [3.63, 3.8) is 0 Å². The molecule has 5 saturated carbocycles. The van der Waals surface area contributed by atoms with Crippen molar-refractivity contribution in [2.45, 2.75) is 76.5 Å². The van der Waals surface area contributed by atoms with E-state index in [0.29, 0.717) is 30.1 Å². The second-order valence-electron chi connectivity index (χ2n) is 12.5. The summed E-state index contributed by atoms with van der Waals surface area (Å²) in [5.41, 5.74) is 0.446. The number of pyridine rings is 1. The van der Waals surface area contributed by atoms with Gasteiger partial charge in [0.15, 0.2) is 5.78 Å². The fourth-order valence-electron chi connectivity index (χ4n) is 9.92. The van der Waals surface area contributed by atoms with Gasteiger partial charge in [0.1, 0.15) is 5.52 Å². The topological polar surface area (TPSA) is 77.2 Å². The molecule has 0 aromatic carbocycles. The fourth-order valence-corrected chi connectivity index (χ4v) is 9.92. The Morgan fingerprint density at radius 2 is 1.91 bits per heavy atom. The van der Waals surface area contributed by atoms with Crippen molar-refractivity contribution >= 4 is 16.7 Å². The first kappa shape index (κ1) is 21.5.